The van der Waals surface area contributed by atoms with Crippen LogP contribution in [0.5, 0.6) is 0 Å². The van der Waals surface area contributed by atoms with Gasteiger partial charge < -0.3 is 29.8 Å². The highest BCUT2D eigenvalue weighted by molar-refractivity contribution is 6.00. The molecule has 5 amide bonds. The molecule has 3 aromatic carbocycles. The highest BCUT2D eigenvalue weighted by Crippen LogP contribution is 2.37. The quantitative estimate of drug-likeness (QED) is 0.178. The van der Waals surface area contributed by atoms with Gasteiger partial charge in [-0.3, -0.25) is 38.6 Å². The number of nitrogens with zero attached hydrogens (tertiary/aromatic N) is 8. The van der Waals surface area contributed by atoms with E-state index in [1.165, 1.54) is 18.1 Å². The third-order valence-corrected chi connectivity index (χ3v) is 17.9. The van der Waals surface area contributed by atoms with E-state index in [9.17, 15) is 28.8 Å². The number of H-pyrrole nitrogens is 1. The normalized spacial score (nSPS) is 22.0. The Morgan fingerprint density at radius 3 is 2.18 bits per heavy atom. The van der Waals surface area contributed by atoms with Crippen molar-refractivity contribution in [1.29, 1.82) is 0 Å². The molecule has 4 saturated heterocycles. The lowest BCUT2D eigenvalue weighted by atomic mass is 9.80. The van der Waals surface area contributed by atoms with Crippen molar-refractivity contribution in [2.75, 3.05) is 105 Å². The van der Waals surface area contributed by atoms with Crippen molar-refractivity contribution >= 4 is 40.3 Å². The zero-order valence-electron chi connectivity index (χ0n) is 44.1. The number of hydrogen-bond acceptors (Lipinski definition) is 10. The number of piperazine rings is 2. The van der Waals surface area contributed by atoms with Gasteiger partial charge in [-0.15, -0.1) is 0 Å². The number of amides is 5. The first kappa shape index (κ1) is 52.0. The molecule has 2 aliphatic carbocycles. The molecule has 17 heteroatoms. The lowest BCUT2D eigenvalue weighted by Crippen LogP contribution is -2.59. The van der Waals surface area contributed by atoms with Crippen molar-refractivity contribution in [2.24, 2.45) is 11.8 Å². The van der Waals surface area contributed by atoms with Crippen LogP contribution in [-0.4, -0.2) is 191 Å². The average Bonchev–Trinajstić information content (AvgIpc) is 4.31. The molecule has 0 bridgehead atoms. The second-order valence-corrected chi connectivity index (χ2v) is 22.9. The van der Waals surface area contributed by atoms with E-state index in [1.807, 2.05) is 43.9 Å². The van der Waals surface area contributed by atoms with Crippen LogP contribution in [0.25, 0.3) is 10.8 Å². The van der Waals surface area contributed by atoms with E-state index in [-0.39, 0.29) is 46.6 Å². The molecule has 2 saturated carbocycles. The number of aromatic amines is 1. The number of carbonyl (C=O) groups is 5. The average molecular weight is 1040 g/mol. The fourth-order valence-corrected chi connectivity index (χ4v) is 13.3. The summed E-state index contributed by atoms with van der Waals surface area (Å²) in [5.74, 6) is 0.153. The van der Waals surface area contributed by atoms with Crippen LogP contribution in [-0.2, 0) is 27.2 Å². The fraction of sp³-hybridized carbons (Fsp3) is 0.576. The van der Waals surface area contributed by atoms with E-state index in [2.05, 4.69) is 31.4 Å². The van der Waals surface area contributed by atoms with Crippen LogP contribution in [0, 0.1) is 17.7 Å². The smallest absolute Gasteiger partial charge is 0.272 e. The topological polar surface area (TPSA) is 166 Å². The van der Waals surface area contributed by atoms with Gasteiger partial charge in [0.05, 0.1) is 29.7 Å². The molecule has 4 aromatic rings. The summed E-state index contributed by atoms with van der Waals surface area (Å²) in [7, 11) is 0. The number of halogens is 1. The number of nitrogens with one attached hydrogen (secondary N) is 2. The largest absolute Gasteiger partial charge is 0.341 e. The van der Waals surface area contributed by atoms with Gasteiger partial charge in [-0.05, 0) is 124 Å². The van der Waals surface area contributed by atoms with Crippen molar-refractivity contribution in [3.05, 3.63) is 110 Å². The van der Waals surface area contributed by atoms with Crippen LogP contribution in [0.1, 0.15) is 120 Å². The Morgan fingerprint density at radius 2 is 1.42 bits per heavy atom. The van der Waals surface area contributed by atoms with Crippen LogP contribution in [0.15, 0.2) is 65.5 Å². The molecule has 1 aromatic heterocycles. The summed E-state index contributed by atoms with van der Waals surface area (Å²) in [5, 5.41) is 11.4. The number of benzene rings is 3. The van der Waals surface area contributed by atoms with Gasteiger partial charge in [-0.2, -0.15) is 5.10 Å². The molecule has 6 heterocycles. The highest BCUT2D eigenvalue weighted by atomic mass is 19.1. The maximum Gasteiger partial charge on any atom is 0.272 e. The lowest BCUT2D eigenvalue weighted by molar-refractivity contribution is -0.140. The number of carbonyl (C=O) groups excluding carboxylic acids is 5. The Kier molecular flexibility index (Phi) is 15.9. The molecule has 0 radical (unpaired) electrons. The molecule has 0 spiro atoms. The molecular weight excluding hydrogens is 964 g/mol. The third-order valence-electron chi connectivity index (χ3n) is 17.9. The molecule has 16 nitrogen and oxygen atoms in total. The van der Waals surface area contributed by atoms with Gasteiger partial charge in [-0.1, -0.05) is 55.7 Å². The summed E-state index contributed by atoms with van der Waals surface area (Å²) in [6.45, 7) is 9.69. The lowest BCUT2D eigenvalue weighted by Gasteiger charge is -2.45. The van der Waals surface area contributed by atoms with Crippen LogP contribution in [0.3, 0.4) is 0 Å². The SMILES string of the molecule is O=C(CN1CCC(CN2CCN(C(=O)[C@@H](C3CCCCC3)N3CCc4c(cccc4C4CCCN(C(=O)CNC5CC5)C4)C3=O)CC2)CC1)N1CCN(C(=O)c2cc(Cc3n[nH]c(=O)c4ccccc34)ccc2F)CC1. The first-order chi connectivity index (χ1) is 37.0. The van der Waals surface area contributed by atoms with Gasteiger partial charge in [0.15, 0.2) is 0 Å². The predicted molar refractivity (Wildman–Crippen MR) is 287 cm³/mol. The van der Waals surface area contributed by atoms with Crippen molar-refractivity contribution in [3.8, 4) is 0 Å². The number of likely N-dealkylation sites (tertiary alicyclic amines) is 2. The first-order valence-electron chi connectivity index (χ1n) is 28.5. The highest BCUT2D eigenvalue weighted by Gasteiger charge is 2.43. The predicted octanol–water partition coefficient (Wildman–Crippen LogP) is 4.90. The van der Waals surface area contributed by atoms with Crippen LogP contribution < -0.4 is 10.9 Å². The zero-order chi connectivity index (χ0) is 52.3. The Bertz CT molecular complexity index is 2840. The molecule has 404 valence electrons. The summed E-state index contributed by atoms with van der Waals surface area (Å²) in [6, 6.07) is 17.9. The van der Waals surface area contributed by atoms with E-state index in [0.717, 1.165) is 121 Å². The van der Waals surface area contributed by atoms with Crippen LogP contribution in [0.2, 0.25) is 0 Å². The summed E-state index contributed by atoms with van der Waals surface area (Å²) in [4.78, 5) is 96.3. The standard InChI is InChI=1S/C59H75FN10O6/c60-51-18-15-41(35-52-47-11-4-5-12-48(47)56(73)63-62-52)34-50(51)57(74)67-32-30-66(31-33-67)54(72)39-64-23-19-40(20-24-64)37-65-26-28-68(29-27-65)59(76)55(42-8-2-1-3-9-42)70-25-21-46-45(13-6-14-49(46)58(70)75)43-10-7-22-69(38-43)53(71)36-61-44-16-17-44/h4-6,11-15,18,34,40,42-44,55,61H,1-3,7-10,16-17,19-33,35-39H2,(H,63,73)/t43?,55-/m1/s1. The summed E-state index contributed by atoms with van der Waals surface area (Å²) in [6.07, 6.45) is 12.6. The monoisotopic (exact) mass is 1040 g/mol. The number of fused-ring (bicyclic) bond motifs is 2. The third kappa shape index (κ3) is 11.6. The van der Waals surface area contributed by atoms with Gasteiger partial charge >= 0.3 is 0 Å². The molecule has 11 rings (SSSR count). The number of aromatic nitrogens is 2. The maximum atomic E-state index is 15.2. The Morgan fingerprint density at radius 1 is 0.684 bits per heavy atom. The van der Waals surface area contributed by atoms with Gasteiger partial charge in [0.1, 0.15) is 11.9 Å². The van der Waals surface area contributed by atoms with Gasteiger partial charge in [0, 0.05) is 108 Å². The number of hydrogen-bond donors (Lipinski definition) is 2. The minimum atomic E-state index is -0.602. The van der Waals surface area contributed by atoms with Gasteiger partial charge in [-0.25, -0.2) is 9.49 Å². The molecule has 6 fully saturated rings. The second-order valence-electron chi connectivity index (χ2n) is 22.9. The van der Waals surface area contributed by atoms with Crippen molar-refractivity contribution < 1.29 is 28.4 Å². The summed E-state index contributed by atoms with van der Waals surface area (Å²) in [5.41, 5.74) is 4.07. The minimum absolute atomic E-state index is 0.0178. The molecular formula is C59H75FN10O6. The van der Waals surface area contributed by atoms with E-state index in [1.54, 1.807) is 29.2 Å². The molecule has 76 heavy (non-hydrogen) atoms. The van der Waals surface area contributed by atoms with Crippen molar-refractivity contribution in [3.63, 3.8) is 0 Å². The fourth-order valence-electron chi connectivity index (χ4n) is 13.3. The molecule has 2 N–H and O–H groups in total. The number of piperidine rings is 2. The maximum absolute atomic E-state index is 15.2. The van der Waals surface area contributed by atoms with Crippen molar-refractivity contribution in [1.82, 2.24) is 49.8 Å². The summed E-state index contributed by atoms with van der Waals surface area (Å²) >= 11 is 0. The van der Waals surface area contributed by atoms with Crippen LogP contribution >= 0.6 is 0 Å². The molecule has 5 aliphatic heterocycles. The molecule has 1 unspecified atom stereocenters. The van der Waals surface area contributed by atoms with E-state index in [0.29, 0.717) is 106 Å². The van der Waals surface area contributed by atoms with E-state index < -0.39 is 17.8 Å². The molecule has 7 aliphatic rings. The molecule has 2 atom stereocenters. The van der Waals surface area contributed by atoms with Gasteiger partial charge in [0.25, 0.3) is 17.4 Å². The van der Waals surface area contributed by atoms with E-state index in [4.69, 9.17) is 0 Å². The second kappa shape index (κ2) is 23.3. The van der Waals surface area contributed by atoms with Gasteiger partial charge in [0.2, 0.25) is 17.7 Å². The van der Waals surface area contributed by atoms with Crippen molar-refractivity contribution in [2.45, 2.75) is 101 Å². The summed E-state index contributed by atoms with van der Waals surface area (Å²) < 4.78 is 15.2. The number of rotatable bonds is 14. The first-order valence-corrected chi connectivity index (χ1v) is 28.5. The minimum Gasteiger partial charge on any atom is -0.341 e. The zero-order valence-corrected chi connectivity index (χ0v) is 44.1. The van der Waals surface area contributed by atoms with E-state index >= 15 is 4.39 Å². The Balaban J connectivity index is 0.631. The Labute approximate surface area is 445 Å². The van der Waals surface area contributed by atoms with Crippen LogP contribution in [0.4, 0.5) is 4.39 Å². The Hall–Kier alpha value is -6.04.